The molecule has 0 bridgehead atoms. The minimum absolute atomic E-state index is 0.0260. The van der Waals surface area contributed by atoms with Crippen LogP contribution in [0.4, 0.5) is 4.39 Å². The second-order valence-electron chi connectivity index (χ2n) is 5.60. The fourth-order valence-electron chi connectivity index (χ4n) is 2.31. The fraction of sp³-hybridized carbons (Fsp3) is 0.353. The van der Waals surface area contributed by atoms with Gasteiger partial charge in [0.25, 0.3) is 0 Å². The van der Waals surface area contributed by atoms with Crippen molar-refractivity contribution in [2.24, 2.45) is 0 Å². The SMILES string of the molecule is CCCn1nnnc1COC(=O)CCc1ncc(-c2ccc(F)cc2)o1. The van der Waals surface area contributed by atoms with Crippen molar-refractivity contribution < 1.29 is 18.3 Å². The van der Waals surface area contributed by atoms with E-state index in [1.807, 2.05) is 6.92 Å². The molecule has 0 saturated heterocycles. The molecule has 0 amide bonds. The molecule has 26 heavy (non-hydrogen) atoms. The lowest BCUT2D eigenvalue weighted by molar-refractivity contribution is -0.145. The number of hydrogen-bond acceptors (Lipinski definition) is 7. The third-order valence-electron chi connectivity index (χ3n) is 3.63. The van der Waals surface area contributed by atoms with E-state index >= 15 is 0 Å². The maximum absolute atomic E-state index is 12.9. The first-order valence-corrected chi connectivity index (χ1v) is 8.27. The molecule has 2 aromatic heterocycles. The summed E-state index contributed by atoms with van der Waals surface area (Å²) in [5.74, 6) is 0.734. The average Bonchev–Trinajstić information content (AvgIpc) is 3.29. The number of carbonyl (C=O) groups excluding carboxylic acids is 1. The monoisotopic (exact) mass is 359 g/mol. The van der Waals surface area contributed by atoms with E-state index in [0.717, 1.165) is 12.0 Å². The van der Waals surface area contributed by atoms with Crippen LogP contribution in [0.2, 0.25) is 0 Å². The lowest BCUT2D eigenvalue weighted by Crippen LogP contribution is -2.11. The van der Waals surface area contributed by atoms with Gasteiger partial charge >= 0.3 is 5.97 Å². The third kappa shape index (κ3) is 4.50. The molecule has 136 valence electrons. The quantitative estimate of drug-likeness (QED) is 0.570. The van der Waals surface area contributed by atoms with Gasteiger partial charge in [0.1, 0.15) is 5.82 Å². The number of carbonyl (C=O) groups is 1. The smallest absolute Gasteiger partial charge is 0.306 e. The summed E-state index contributed by atoms with van der Waals surface area (Å²) in [5.41, 5.74) is 0.718. The first-order valence-electron chi connectivity index (χ1n) is 8.27. The zero-order valence-corrected chi connectivity index (χ0v) is 14.3. The number of aryl methyl sites for hydroxylation is 2. The van der Waals surface area contributed by atoms with Crippen molar-refractivity contribution in [2.75, 3.05) is 0 Å². The minimum atomic E-state index is -0.391. The van der Waals surface area contributed by atoms with E-state index in [-0.39, 0.29) is 18.8 Å². The highest BCUT2D eigenvalue weighted by Crippen LogP contribution is 2.21. The Morgan fingerprint density at radius 1 is 1.31 bits per heavy atom. The van der Waals surface area contributed by atoms with E-state index in [0.29, 0.717) is 30.4 Å². The van der Waals surface area contributed by atoms with E-state index in [4.69, 9.17) is 9.15 Å². The summed E-state index contributed by atoms with van der Waals surface area (Å²) >= 11 is 0. The molecule has 0 aliphatic carbocycles. The van der Waals surface area contributed by atoms with Crippen LogP contribution in [0.15, 0.2) is 34.9 Å². The summed E-state index contributed by atoms with van der Waals surface area (Å²) in [6.07, 6.45) is 2.86. The Bertz CT molecular complexity index is 859. The largest absolute Gasteiger partial charge is 0.457 e. The number of halogens is 1. The van der Waals surface area contributed by atoms with Crippen LogP contribution >= 0.6 is 0 Å². The predicted molar refractivity (Wildman–Crippen MR) is 88.1 cm³/mol. The summed E-state index contributed by atoms with van der Waals surface area (Å²) in [4.78, 5) is 16.0. The Morgan fingerprint density at radius 3 is 2.88 bits per heavy atom. The molecular formula is C17H18FN5O3. The highest BCUT2D eigenvalue weighted by molar-refractivity contribution is 5.69. The van der Waals surface area contributed by atoms with Crippen LogP contribution in [-0.2, 0) is 29.1 Å². The Balaban J connectivity index is 1.49. The molecule has 8 nitrogen and oxygen atoms in total. The van der Waals surface area contributed by atoms with Crippen LogP contribution in [0, 0.1) is 5.82 Å². The molecule has 0 fully saturated rings. The van der Waals surface area contributed by atoms with Gasteiger partial charge < -0.3 is 9.15 Å². The van der Waals surface area contributed by atoms with Crippen molar-refractivity contribution in [3.8, 4) is 11.3 Å². The first-order chi connectivity index (χ1) is 12.7. The number of nitrogens with zero attached hydrogens (tertiary/aromatic N) is 5. The van der Waals surface area contributed by atoms with Crippen LogP contribution in [0.1, 0.15) is 31.5 Å². The Hall–Kier alpha value is -3.10. The second kappa shape index (κ2) is 8.32. The van der Waals surface area contributed by atoms with Gasteiger partial charge in [-0.15, -0.1) is 5.10 Å². The lowest BCUT2D eigenvalue weighted by atomic mass is 10.2. The Morgan fingerprint density at radius 2 is 2.12 bits per heavy atom. The summed E-state index contributed by atoms with van der Waals surface area (Å²) in [7, 11) is 0. The summed E-state index contributed by atoms with van der Waals surface area (Å²) in [6.45, 7) is 2.70. The number of ether oxygens (including phenoxy) is 1. The standard InChI is InChI=1S/C17H18FN5O3/c1-2-9-23-15(20-21-22-23)11-25-17(24)8-7-16-19-10-14(26-16)12-3-5-13(18)6-4-12/h3-6,10H,2,7-9,11H2,1H3. The molecule has 0 spiro atoms. The van der Waals surface area contributed by atoms with Crippen molar-refractivity contribution in [3.63, 3.8) is 0 Å². The summed E-state index contributed by atoms with van der Waals surface area (Å²) < 4.78 is 25.3. The lowest BCUT2D eigenvalue weighted by Gasteiger charge is -2.04. The van der Waals surface area contributed by atoms with E-state index in [1.165, 1.54) is 12.1 Å². The molecule has 2 heterocycles. The molecule has 0 aliphatic heterocycles. The first kappa shape index (κ1) is 17.7. The zero-order valence-electron chi connectivity index (χ0n) is 14.3. The highest BCUT2D eigenvalue weighted by atomic mass is 19.1. The number of aromatic nitrogens is 5. The number of rotatable bonds is 8. The topological polar surface area (TPSA) is 95.9 Å². The molecule has 3 rings (SSSR count). The van der Waals surface area contributed by atoms with Crippen molar-refractivity contribution in [3.05, 3.63) is 48.0 Å². The Kier molecular flexibility index (Phi) is 5.67. The second-order valence-corrected chi connectivity index (χ2v) is 5.60. The highest BCUT2D eigenvalue weighted by Gasteiger charge is 2.12. The van der Waals surface area contributed by atoms with E-state index in [1.54, 1.807) is 23.0 Å². The molecule has 0 aliphatic rings. The molecule has 0 radical (unpaired) electrons. The van der Waals surface area contributed by atoms with Crippen LogP contribution in [-0.4, -0.2) is 31.2 Å². The van der Waals surface area contributed by atoms with Gasteiger partial charge in [0.15, 0.2) is 24.1 Å². The van der Waals surface area contributed by atoms with Gasteiger partial charge in [-0.2, -0.15) is 0 Å². The van der Waals surface area contributed by atoms with Gasteiger partial charge in [0.2, 0.25) is 0 Å². The number of tetrazole rings is 1. The van der Waals surface area contributed by atoms with E-state index < -0.39 is 5.97 Å². The minimum Gasteiger partial charge on any atom is -0.457 e. The van der Waals surface area contributed by atoms with Crippen molar-refractivity contribution in [2.45, 2.75) is 39.3 Å². The molecule has 3 aromatic rings. The van der Waals surface area contributed by atoms with Gasteiger partial charge in [-0.25, -0.2) is 14.1 Å². The van der Waals surface area contributed by atoms with Crippen molar-refractivity contribution in [1.29, 1.82) is 0 Å². The van der Waals surface area contributed by atoms with Gasteiger partial charge in [-0.05, 0) is 41.1 Å². The molecule has 0 N–H and O–H groups in total. The maximum atomic E-state index is 12.9. The third-order valence-corrected chi connectivity index (χ3v) is 3.63. The number of oxazole rings is 1. The predicted octanol–water partition coefficient (Wildman–Crippen LogP) is 2.55. The molecule has 9 heteroatoms. The van der Waals surface area contributed by atoms with Crippen molar-refractivity contribution >= 4 is 5.97 Å². The van der Waals surface area contributed by atoms with Crippen LogP contribution in [0.25, 0.3) is 11.3 Å². The maximum Gasteiger partial charge on any atom is 0.306 e. The van der Waals surface area contributed by atoms with Crippen LogP contribution in [0.5, 0.6) is 0 Å². The fourth-order valence-corrected chi connectivity index (χ4v) is 2.31. The average molecular weight is 359 g/mol. The molecule has 0 unspecified atom stereocenters. The van der Waals surface area contributed by atoms with Gasteiger partial charge in [-0.1, -0.05) is 6.92 Å². The van der Waals surface area contributed by atoms with Crippen molar-refractivity contribution in [1.82, 2.24) is 25.2 Å². The Labute approximate surface area is 149 Å². The normalized spacial score (nSPS) is 10.8. The molecule has 1 aromatic carbocycles. The summed E-state index contributed by atoms with van der Waals surface area (Å²) in [6, 6.07) is 5.91. The molecule has 0 atom stereocenters. The number of benzene rings is 1. The number of esters is 1. The van der Waals surface area contributed by atoms with E-state index in [2.05, 4.69) is 20.5 Å². The molecule has 0 saturated carbocycles. The van der Waals surface area contributed by atoms with Crippen LogP contribution in [0.3, 0.4) is 0 Å². The van der Waals surface area contributed by atoms with Gasteiger partial charge in [0.05, 0.1) is 12.6 Å². The number of hydrogen-bond donors (Lipinski definition) is 0. The van der Waals surface area contributed by atoms with Gasteiger partial charge in [-0.3, -0.25) is 4.79 Å². The molecular weight excluding hydrogens is 341 g/mol. The summed E-state index contributed by atoms with van der Waals surface area (Å²) in [5, 5.41) is 11.2. The van der Waals surface area contributed by atoms with Gasteiger partial charge in [0, 0.05) is 18.5 Å². The van der Waals surface area contributed by atoms with E-state index in [9.17, 15) is 9.18 Å². The van der Waals surface area contributed by atoms with Crippen LogP contribution < -0.4 is 0 Å². The zero-order chi connectivity index (χ0) is 18.4.